The first-order valence-corrected chi connectivity index (χ1v) is 6.30. The summed E-state index contributed by atoms with van der Waals surface area (Å²) in [5.74, 6) is -0.175. The largest absolute Gasteiger partial charge is 0.308 e. The number of aromatic nitrogens is 2. The van der Waals surface area contributed by atoms with E-state index < -0.39 is 0 Å². The Balaban J connectivity index is 1.63. The van der Waals surface area contributed by atoms with Crippen LogP contribution >= 0.6 is 0 Å². The van der Waals surface area contributed by atoms with Crippen molar-refractivity contribution in [1.82, 2.24) is 15.1 Å². The molecule has 0 unspecified atom stereocenters. The number of hydrogen-bond donors (Lipinski definition) is 1. The van der Waals surface area contributed by atoms with Crippen molar-refractivity contribution in [3.63, 3.8) is 0 Å². The summed E-state index contributed by atoms with van der Waals surface area (Å²) >= 11 is 0. The lowest BCUT2D eigenvalue weighted by Crippen LogP contribution is -2.16. The molecule has 0 atom stereocenters. The minimum atomic E-state index is -0.175. The number of hydrogen-bond acceptors (Lipinski definition) is 2. The van der Waals surface area contributed by atoms with E-state index in [2.05, 4.69) is 10.4 Å². The predicted molar refractivity (Wildman–Crippen MR) is 67.6 cm³/mol. The molecule has 1 aliphatic carbocycles. The summed E-state index contributed by atoms with van der Waals surface area (Å²) in [5, 5.41) is 7.85. The number of rotatable bonds is 5. The maximum atomic E-state index is 13.5. The molecule has 0 bridgehead atoms. The van der Waals surface area contributed by atoms with Crippen molar-refractivity contribution in [3.8, 4) is 0 Å². The third-order valence-electron chi connectivity index (χ3n) is 3.14. The van der Waals surface area contributed by atoms with Gasteiger partial charge >= 0.3 is 0 Å². The standard InChI is InChI=1S/C14H16FN3/c15-14-4-2-1-3-11(14)10-18-8-7-13(17-18)9-16-12-5-6-12/h1-4,7-8,12,16H,5-6,9-10H2. The topological polar surface area (TPSA) is 29.9 Å². The zero-order valence-electron chi connectivity index (χ0n) is 10.1. The minimum Gasteiger partial charge on any atom is -0.308 e. The normalized spacial score (nSPS) is 14.9. The summed E-state index contributed by atoms with van der Waals surface area (Å²) in [6, 6.07) is 9.48. The highest BCUT2D eigenvalue weighted by Crippen LogP contribution is 2.19. The second kappa shape index (κ2) is 4.90. The van der Waals surface area contributed by atoms with Gasteiger partial charge in [0, 0.05) is 24.3 Å². The molecule has 3 rings (SSSR count). The summed E-state index contributed by atoms with van der Waals surface area (Å²) in [6.45, 7) is 1.28. The lowest BCUT2D eigenvalue weighted by Gasteiger charge is -2.03. The molecule has 94 valence electrons. The molecule has 3 nitrogen and oxygen atoms in total. The van der Waals surface area contributed by atoms with Gasteiger partial charge < -0.3 is 5.32 Å². The first kappa shape index (κ1) is 11.4. The number of benzene rings is 1. The maximum Gasteiger partial charge on any atom is 0.128 e. The van der Waals surface area contributed by atoms with Gasteiger partial charge in [-0.1, -0.05) is 18.2 Å². The van der Waals surface area contributed by atoms with Gasteiger partial charge in [0.1, 0.15) is 5.82 Å². The van der Waals surface area contributed by atoms with Gasteiger partial charge in [-0.2, -0.15) is 5.10 Å². The Morgan fingerprint density at radius 3 is 2.89 bits per heavy atom. The summed E-state index contributed by atoms with van der Waals surface area (Å²) < 4.78 is 15.3. The van der Waals surface area contributed by atoms with Gasteiger partial charge in [-0.3, -0.25) is 4.68 Å². The second-order valence-electron chi connectivity index (χ2n) is 4.75. The Hall–Kier alpha value is -1.68. The molecule has 1 fully saturated rings. The fourth-order valence-corrected chi connectivity index (χ4v) is 1.92. The predicted octanol–water partition coefficient (Wildman–Crippen LogP) is 2.32. The van der Waals surface area contributed by atoms with Crippen LogP contribution in [0.3, 0.4) is 0 Å². The van der Waals surface area contributed by atoms with Crippen LogP contribution in [0, 0.1) is 5.82 Å². The lowest BCUT2D eigenvalue weighted by molar-refractivity contribution is 0.578. The van der Waals surface area contributed by atoms with Gasteiger partial charge in [-0.05, 0) is 25.0 Å². The molecule has 18 heavy (non-hydrogen) atoms. The molecule has 1 aliphatic rings. The van der Waals surface area contributed by atoms with Crippen molar-refractivity contribution in [3.05, 3.63) is 53.6 Å². The maximum absolute atomic E-state index is 13.5. The van der Waals surface area contributed by atoms with Crippen LogP contribution in [0.4, 0.5) is 4.39 Å². The fraction of sp³-hybridized carbons (Fsp3) is 0.357. The van der Waals surface area contributed by atoms with Crippen molar-refractivity contribution >= 4 is 0 Å². The number of nitrogens with zero attached hydrogens (tertiary/aromatic N) is 2. The fourth-order valence-electron chi connectivity index (χ4n) is 1.92. The molecular formula is C14H16FN3. The van der Waals surface area contributed by atoms with E-state index in [1.807, 2.05) is 18.3 Å². The van der Waals surface area contributed by atoms with Crippen molar-refractivity contribution in [2.75, 3.05) is 0 Å². The van der Waals surface area contributed by atoms with Crippen molar-refractivity contribution < 1.29 is 4.39 Å². The van der Waals surface area contributed by atoms with Crippen molar-refractivity contribution in [2.45, 2.75) is 32.0 Å². The molecule has 0 saturated heterocycles. The summed E-state index contributed by atoms with van der Waals surface area (Å²) in [6.07, 6.45) is 4.45. The van der Waals surface area contributed by atoms with Gasteiger partial charge in [-0.15, -0.1) is 0 Å². The van der Waals surface area contributed by atoms with Crippen LogP contribution in [0.15, 0.2) is 36.5 Å². The van der Waals surface area contributed by atoms with Gasteiger partial charge in [0.15, 0.2) is 0 Å². The highest BCUT2D eigenvalue weighted by atomic mass is 19.1. The Labute approximate surface area is 106 Å². The van der Waals surface area contributed by atoms with E-state index in [1.165, 1.54) is 18.9 Å². The van der Waals surface area contributed by atoms with Crippen LogP contribution in [0.5, 0.6) is 0 Å². The average molecular weight is 245 g/mol. The average Bonchev–Trinajstić information content (AvgIpc) is 3.10. The van der Waals surface area contributed by atoms with Crippen LogP contribution in [0.2, 0.25) is 0 Å². The Bertz CT molecular complexity index is 531. The third-order valence-corrected chi connectivity index (χ3v) is 3.14. The van der Waals surface area contributed by atoms with Crippen LogP contribution in [0.1, 0.15) is 24.1 Å². The first-order chi connectivity index (χ1) is 8.81. The van der Waals surface area contributed by atoms with Crippen LogP contribution < -0.4 is 5.32 Å². The number of halogens is 1. The van der Waals surface area contributed by atoms with E-state index in [0.29, 0.717) is 18.2 Å². The molecule has 1 N–H and O–H groups in total. The van der Waals surface area contributed by atoms with Crippen molar-refractivity contribution in [2.24, 2.45) is 0 Å². The summed E-state index contributed by atoms with van der Waals surface area (Å²) in [4.78, 5) is 0. The minimum absolute atomic E-state index is 0.175. The molecule has 4 heteroatoms. The van der Waals surface area contributed by atoms with E-state index in [4.69, 9.17) is 0 Å². The van der Waals surface area contributed by atoms with Gasteiger partial charge in [0.25, 0.3) is 0 Å². The Morgan fingerprint density at radius 2 is 2.11 bits per heavy atom. The van der Waals surface area contributed by atoms with Crippen LogP contribution in [0.25, 0.3) is 0 Å². The molecule has 2 aromatic rings. The molecule has 0 amide bonds. The van der Waals surface area contributed by atoms with Gasteiger partial charge in [-0.25, -0.2) is 4.39 Å². The Morgan fingerprint density at radius 1 is 1.28 bits per heavy atom. The monoisotopic (exact) mass is 245 g/mol. The molecule has 1 heterocycles. The van der Waals surface area contributed by atoms with Crippen LogP contribution in [-0.2, 0) is 13.1 Å². The van der Waals surface area contributed by atoms with Gasteiger partial charge in [0.2, 0.25) is 0 Å². The first-order valence-electron chi connectivity index (χ1n) is 6.30. The molecule has 1 saturated carbocycles. The zero-order chi connectivity index (χ0) is 12.4. The molecule has 0 spiro atoms. The molecular weight excluding hydrogens is 229 g/mol. The van der Waals surface area contributed by atoms with E-state index in [0.717, 1.165) is 12.2 Å². The summed E-state index contributed by atoms with van der Waals surface area (Å²) in [5.41, 5.74) is 1.68. The zero-order valence-corrected chi connectivity index (χ0v) is 10.1. The van der Waals surface area contributed by atoms with E-state index in [1.54, 1.807) is 16.8 Å². The quantitative estimate of drug-likeness (QED) is 0.876. The van der Waals surface area contributed by atoms with Gasteiger partial charge in [0.05, 0.1) is 12.2 Å². The smallest absolute Gasteiger partial charge is 0.128 e. The van der Waals surface area contributed by atoms with E-state index >= 15 is 0 Å². The number of nitrogens with one attached hydrogen (secondary N) is 1. The second-order valence-corrected chi connectivity index (χ2v) is 4.75. The molecule has 1 aromatic heterocycles. The lowest BCUT2D eigenvalue weighted by atomic mass is 10.2. The molecule has 0 radical (unpaired) electrons. The SMILES string of the molecule is Fc1ccccc1Cn1ccc(CNC2CC2)n1. The van der Waals surface area contributed by atoms with Crippen LogP contribution in [-0.4, -0.2) is 15.8 Å². The highest BCUT2D eigenvalue weighted by Gasteiger charge is 2.20. The van der Waals surface area contributed by atoms with E-state index in [9.17, 15) is 4.39 Å². The summed E-state index contributed by atoms with van der Waals surface area (Å²) in [7, 11) is 0. The Kier molecular flexibility index (Phi) is 3.11. The molecule has 1 aromatic carbocycles. The highest BCUT2D eigenvalue weighted by molar-refractivity contribution is 5.17. The van der Waals surface area contributed by atoms with E-state index in [-0.39, 0.29) is 5.82 Å². The third kappa shape index (κ3) is 2.76. The van der Waals surface area contributed by atoms with Crippen molar-refractivity contribution in [1.29, 1.82) is 0 Å². The molecule has 0 aliphatic heterocycles.